The van der Waals surface area contributed by atoms with E-state index < -0.39 is 0 Å². The minimum absolute atomic E-state index is 0.0633. The number of fused-ring (bicyclic) bond motifs is 1. The van der Waals surface area contributed by atoms with Crippen molar-refractivity contribution in [3.8, 4) is 17.1 Å². The molecule has 0 N–H and O–H groups in total. The summed E-state index contributed by atoms with van der Waals surface area (Å²) in [6.45, 7) is 6.11. The van der Waals surface area contributed by atoms with Crippen molar-refractivity contribution in [2.24, 2.45) is 0 Å². The van der Waals surface area contributed by atoms with Gasteiger partial charge in [0.05, 0.1) is 24.8 Å². The van der Waals surface area contributed by atoms with E-state index in [-0.39, 0.29) is 18.4 Å². The highest BCUT2D eigenvalue weighted by Gasteiger charge is 2.18. The van der Waals surface area contributed by atoms with Crippen molar-refractivity contribution >= 4 is 22.9 Å². The molecule has 0 radical (unpaired) electrons. The van der Waals surface area contributed by atoms with Gasteiger partial charge in [0, 0.05) is 31.1 Å². The van der Waals surface area contributed by atoms with Crippen LogP contribution in [0.2, 0.25) is 0 Å². The van der Waals surface area contributed by atoms with E-state index in [9.17, 15) is 9.59 Å². The van der Waals surface area contributed by atoms with Gasteiger partial charge < -0.3 is 18.9 Å². The monoisotopic (exact) mass is 451 g/mol. The lowest BCUT2D eigenvalue weighted by molar-refractivity contribution is -0.140. The van der Waals surface area contributed by atoms with Crippen molar-refractivity contribution in [1.82, 2.24) is 14.5 Å². The van der Waals surface area contributed by atoms with Crippen molar-refractivity contribution < 1.29 is 19.1 Å². The van der Waals surface area contributed by atoms with Gasteiger partial charge in [-0.05, 0) is 45.2 Å². The van der Waals surface area contributed by atoms with E-state index in [0.29, 0.717) is 26.1 Å². The van der Waals surface area contributed by atoms with Crippen molar-refractivity contribution in [3.05, 3.63) is 48.5 Å². The Morgan fingerprint density at radius 3 is 2.45 bits per heavy atom. The summed E-state index contributed by atoms with van der Waals surface area (Å²) in [6, 6.07) is 15.7. The van der Waals surface area contributed by atoms with Gasteiger partial charge in [-0.15, -0.1) is 0 Å². The van der Waals surface area contributed by atoms with Crippen molar-refractivity contribution in [1.29, 1.82) is 0 Å². The fraction of sp³-hybridized carbons (Fsp3) is 0.423. The highest BCUT2D eigenvalue weighted by molar-refractivity contribution is 5.85. The fourth-order valence-corrected chi connectivity index (χ4v) is 3.81. The van der Waals surface area contributed by atoms with Crippen LogP contribution in [0.3, 0.4) is 0 Å². The number of carbonyl (C=O) groups excluding carboxylic acids is 2. The molecule has 0 aliphatic rings. The molecule has 0 atom stereocenters. The minimum Gasteiger partial charge on any atom is -0.494 e. The molecular weight excluding hydrogens is 418 g/mol. The average Bonchev–Trinajstić information content (AvgIpc) is 3.20. The molecule has 0 aliphatic carbocycles. The van der Waals surface area contributed by atoms with Gasteiger partial charge in [-0.1, -0.05) is 30.3 Å². The van der Waals surface area contributed by atoms with Crippen molar-refractivity contribution in [2.75, 3.05) is 26.8 Å². The van der Waals surface area contributed by atoms with Gasteiger partial charge in [0.25, 0.3) is 0 Å². The molecule has 1 amide bonds. The molecule has 0 saturated carbocycles. The van der Waals surface area contributed by atoms with Gasteiger partial charge in [0.2, 0.25) is 5.91 Å². The lowest BCUT2D eigenvalue weighted by Crippen LogP contribution is -2.33. The second kappa shape index (κ2) is 12.0. The van der Waals surface area contributed by atoms with Gasteiger partial charge in [-0.25, -0.2) is 4.98 Å². The molecule has 0 aliphatic heterocycles. The number of imidazole rings is 1. The van der Waals surface area contributed by atoms with Crippen LogP contribution in [-0.4, -0.2) is 53.1 Å². The highest BCUT2D eigenvalue weighted by atomic mass is 16.5. The van der Waals surface area contributed by atoms with Crippen LogP contribution in [0, 0.1) is 0 Å². The first-order chi connectivity index (χ1) is 16.1. The largest absolute Gasteiger partial charge is 0.494 e. The van der Waals surface area contributed by atoms with Crippen LogP contribution in [0.15, 0.2) is 48.5 Å². The number of benzene rings is 2. The Bertz CT molecular complexity index is 1060. The molecule has 0 unspecified atom stereocenters. The van der Waals surface area contributed by atoms with Crippen LogP contribution < -0.4 is 4.74 Å². The van der Waals surface area contributed by atoms with Crippen LogP contribution >= 0.6 is 0 Å². The number of hydrogen-bond acceptors (Lipinski definition) is 5. The highest BCUT2D eigenvalue weighted by Crippen LogP contribution is 2.28. The van der Waals surface area contributed by atoms with Crippen LogP contribution in [0.1, 0.15) is 39.5 Å². The van der Waals surface area contributed by atoms with E-state index in [1.54, 1.807) is 0 Å². The van der Waals surface area contributed by atoms with Gasteiger partial charge >= 0.3 is 5.97 Å². The first-order valence-electron chi connectivity index (χ1n) is 11.6. The Labute approximate surface area is 195 Å². The summed E-state index contributed by atoms with van der Waals surface area (Å²) in [7, 11) is 1.41. The predicted octanol–water partition coefficient (Wildman–Crippen LogP) is 4.68. The lowest BCUT2D eigenvalue weighted by atomic mass is 10.2. The Morgan fingerprint density at radius 1 is 1.00 bits per heavy atom. The molecule has 1 aromatic heterocycles. The Balaban J connectivity index is 1.79. The average molecular weight is 452 g/mol. The second-order valence-corrected chi connectivity index (χ2v) is 7.84. The summed E-state index contributed by atoms with van der Waals surface area (Å²) < 4.78 is 12.6. The Kier molecular flexibility index (Phi) is 8.87. The molecule has 7 heteroatoms. The molecule has 0 spiro atoms. The molecule has 0 saturated heterocycles. The lowest BCUT2D eigenvalue weighted by Gasteiger charge is -2.20. The zero-order valence-corrected chi connectivity index (χ0v) is 19.8. The Hall–Kier alpha value is -3.35. The summed E-state index contributed by atoms with van der Waals surface area (Å²) >= 11 is 0. The van der Waals surface area contributed by atoms with E-state index in [2.05, 4.69) is 4.74 Å². The third-order valence-corrected chi connectivity index (χ3v) is 5.68. The fourth-order valence-electron chi connectivity index (χ4n) is 3.81. The number of rotatable bonds is 12. The van der Waals surface area contributed by atoms with Crippen LogP contribution in [0.5, 0.6) is 5.75 Å². The summed E-state index contributed by atoms with van der Waals surface area (Å²) in [5.41, 5.74) is 2.67. The summed E-state index contributed by atoms with van der Waals surface area (Å²) in [4.78, 5) is 30.8. The molecule has 3 aromatic rings. The molecular formula is C26H33N3O4. The zero-order chi connectivity index (χ0) is 23.6. The molecule has 0 bridgehead atoms. The topological polar surface area (TPSA) is 73.7 Å². The maximum atomic E-state index is 12.9. The summed E-state index contributed by atoms with van der Waals surface area (Å²) in [5.74, 6) is 1.40. The van der Waals surface area contributed by atoms with Crippen LogP contribution in [0.4, 0.5) is 0 Å². The van der Waals surface area contributed by atoms with E-state index in [4.69, 9.17) is 9.72 Å². The molecule has 2 aromatic carbocycles. The number of esters is 1. The SMILES string of the molecule is CCN(CC)C(=O)Cn1c(-c2ccccc2)nc2ccc(OCCCCCC(=O)OC)cc21. The third-order valence-electron chi connectivity index (χ3n) is 5.68. The number of hydrogen-bond donors (Lipinski definition) is 0. The molecule has 33 heavy (non-hydrogen) atoms. The Morgan fingerprint density at radius 2 is 1.76 bits per heavy atom. The standard InChI is InChI=1S/C26H33N3O4/c1-4-28(5-2)24(30)19-29-23-18-21(33-17-11-7-10-14-25(31)32-3)15-16-22(23)27-26(29)20-12-8-6-9-13-20/h6,8-9,12-13,15-16,18H,4-5,7,10-11,14,17,19H2,1-3H3. The molecule has 176 valence electrons. The third kappa shape index (κ3) is 6.34. The van der Waals surface area contributed by atoms with Crippen LogP contribution in [-0.2, 0) is 20.9 Å². The number of methoxy groups -OCH3 is 1. The number of carbonyl (C=O) groups is 2. The van der Waals surface area contributed by atoms with E-state index in [1.165, 1.54) is 7.11 Å². The smallest absolute Gasteiger partial charge is 0.305 e. The quantitative estimate of drug-likeness (QED) is 0.295. The normalized spacial score (nSPS) is 10.9. The molecule has 3 rings (SSSR count). The maximum Gasteiger partial charge on any atom is 0.305 e. The van der Waals surface area contributed by atoms with E-state index >= 15 is 0 Å². The maximum absolute atomic E-state index is 12.9. The molecule has 1 heterocycles. The predicted molar refractivity (Wildman–Crippen MR) is 129 cm³/mol. The summed E-state index contributed by atoms with van der Waals surface area (Å²) in [6.07, 6.45) is 2.97. The second-order valence-electron chi connectivity index (χ2n) is 7.84. The number of unbranched alkanes of at least 4 members (excludes halogenated alkanes) is 2. The zero-order valence-electron chi connectivity index (χ0n) is 19.8. The first-order valence-corrected chi connectivity index (χ1v) is 11.6. The van der Waals surface area contributed by atoms with Crippen molar-refractivity contribution in [3.63, 3.8) is 0 Å². The number of nitrogens with zero attached hydrogens (tertiary/aromatic N) is 3. The van der Waals surface area contributed by atoms with Gasteiger partial charge in [0.15, 0.2) is 0 Å². The van der Waals surface area contributed by atoms with E-state index in [1.807, 2.05) is 71.8 Å². The molecule has 7 nitrogen and oxygen atoms in total. The number of aromatic nitrogens is 2. The van der Waals surface area contributed by atoms with Gasteiger partial charge in [-0.2, -0.15) is 0 Å². The number of amides is 1. The van der Waals surface area contributed by atoms with E-state index in [0.717, 1.165) is 47.4 Å². The van der Waals surface area contributed by atoms with Crippen molar-refractivity contribution in [2.45, 2.75) is 46.1 Å². The number of ether oxygens (including phenoxy) is 2. The van der Waals surface area contributed by atoms with Gasteiger partial charge in [0.1, 0.15) is 18.1 Å². The van der Waals surface area contributed by atoms with Crippen LogP contribution in [0.25, 0.3) is 22.4 Å². The summed E-state index contributed by atoms with van der Waals surface area (Å²) in [5, 5.41) is 0. The minimum atomic E-state index is -0.178. The molecule has 0 fully saturated rings. The van der Waals surface area contributed by atoms with Gasteiger partial charge in [-0.3, -0.25) is 9.59 Å². The number of likely N-dealkylation sites (N-methyl/N-ethyl adjacent to an activating group) is 1. The first kappa shape index (κ1) is 24.3.